The molecule has 0 aliphatic carbocycles. The molecule has 1 aliphatic heterocycles. The average Bonchev–Trinajstić information content (AvgIpc) is 2.25. The summed E-state index contributed by atoms with van der Waals surface area (Å²) in [6, 6.07) is 0. The molecule has 1 rings (SSSR count). The lowest BCUT2D eigenvalue weighted by molar-refractivity contribution is 0.198. The number of hydrogen-bond acceptors (Lipinski definition) is 4. The van der Waals surface area contributed by atoms with Gasteiger partial charge in [0.1, 0.15) is 0 Å². The highest BCUT2D eigenvalue weighted by atomic mass is 15.2. The van der Waals surface area contributed by atoms with Gasteiger partial charge >= 0.3 is 0 Å². The second-order valence-corrected chi connectivity index (χ2v) is 4.70. The molecule has 0 aromatic heterocycles. The van der Waals surface area contributed by atoms with Gasteiger partial charge in [0.2, 0.25) is 0 Å². The molecule has 0 saturated carbocycles. The largest absolute Gasteiger partial charge is 0.314 e. The van der Waals surface area contributed by atoms with Crippen LogP contribution in [0, 0.1) is 0 Å². The lowest BCUT2D eigenvalue weighted by atomic mass is 10.3. The van der Waals surface area contributed by atoms with Gasteiger partial charge in [0.15, 0.2) is 0 Å². The molecule has 1 N–H and O–H groups in total. The van der Waals surface area contributed by atoms with Gasteiger partial charge in [0, 0.05) is 52.4 Å². The summed E-state index contributed by atoms with van der Waals surface area (Å²) in [6.07, 6.45) is 0. The van der Waals surface area contributed by atoms with Crippen molar-refractivity contribution in [3.63, 3.8) is 0 Å². The molecule has 0 aromatic carbocycles. The fraction of sp³-hybridized carbons (Fsp3) is 1.00. The molecular formula is C11H26N4. The summed E-state index contributed by atoms with van der Waals surface area (Å²) < 4.78 is 0. The highest BCUT2D eigenvalue weighted by Crippen LogP contribution is 1.93. The van der Waals surface area contributed by atoms with Crippen LogP contribution in [0.25, 0.3) is 0 Å². The van der Waals surface area contributed by atoms with Gasteiger partial charge in [-0.3, -0.25) is 4.90 Å². The van der Waals surface area contributed by atoms with Gasteiger partial charge in [-0.05, 0) is 21.1 Å². The summed E-state index contributed by atoms with van der Waals surface area (Å²) >= 11 is 0. The first-order valence-electron chi connectivity index (χ1n) is 5.95. The molecule has 0 unspecified atom stereocenters. The minimum absolute atomic E-state index is 1.15. The molecule has 0 radical (unpaired) electrons. The van der Waals surface area contributed by atoms with E-state index in [-0.39, 0.29) is 0 Å². The standard InChI is InChI=1S/C11H26N4/c1-13(2)8-9-14(3)10-11-15-6-4-12-5-7-15/h12H,4-11H2,1-3H3. The predicted molar refractivity (Wildman–Crippen MR) is 65.4 cm³/mol. The Kier molecular flexibility index (Phi) is 6.17. The van der Waals surface area contributed by atoms with Gasteiger partial charge in [0.05, 0.1) is 0 Å². The second-order valence-electron chi connectivity index (χ2n) is 4.70. The lowest BCUT2D eigenvalue weighted by Gasteiger charge is -2.29. The van der Waals surface area contributed by atoms with Gasteiger partial charge in [0.25, 0.3) is 0 Å². The Morgan fingerprint density at radius 2 is 1.67 bits per heavy atom. The van der Waals surface area contributed by atoms with Gasteiger partial charge < -0.3 is 15.1 Å². The molecule has 0 bridgehead atoms. The summed E-state index contributed by atoms with van der Waals surface area (Å²) in [5, 5.41) is 3.38. The van der Waals surface area contributed by atoms with Gasteiger partial charge in [-0.15, -0.1) is 0 Å². The quantitative estimate of drug-likeness (QED) is 0.636. The third kappa shape index (κ3) is 6.10. The molecule has 4 heteroatoms. The van der Waals surface area contributed by atoms with Crippen molar-refractivity contribution in [1.82, 2.24) is 20.0 Å². The van der Waals surface area contributed by atoms with E-state index < -0.39 is 0 Å². The van der Waals surface area contributed by atoms with Crippen molar-refractivity contribution in [3.8, 4) is 0 Å². The van der Waals surface area contributed by atoms with Crippen molar-refractivity contribution in [1.29, 1.82) is 0 Å². The van der Waals surface area contributed by atoms with Crippen LogP contribution < -0.4 is 5.32 Å². The fourth-order valence-electron chi connectivity index (χ4n) is 1.73. The maximum Gasteiger partial charge on any atom is 0.0110 e. The van der Waals surface area contributed by atoms with Crippen molar-refractivity contribution >= 4 is 0 Å². The van der Waals surface area contributed by atoms with Crippen molar-refractivity contribution in [2.45, 2.75) is 0 Å². The maximum absolute atomic E-state index is 3.38. The Labute approximate surface area is 94.2 Å². The topological polar surface area (TPSA) is 21.8 Å². The molecule has 1 aliphatic rings. The minimum atomic E-state index is 1.15. The van der Waals surface area contributed by atoms with E-state index in [1.807, 2.05) is 0 Å². The van der Waals surface area contributed by atoms with Crippen LogP contribution in [-0.4, -0.2) is 88.2 Å². The van der Waals surface area contributed by atoms with Crippen LogP contribution in [0.1, 0.15) is 0 Å². The minimum Gasteiger partial charge on any atom is -0.314 e. The summed E-state index contributed by atoms with van der Waals surface area (Å²) in [5.74, 6) is 0. The first kappa shape index (κ1) is 12.9. The molecule has 1 heterocycles. The van der Waals surface area contributed by atoms with Crippen LogP contribution in [0.15, 0.2) is 0 Å². The van der Waals surface area contributed by atoms with E-state index in [0.717, 1.165) is 19.6 Å². The van der Waals surface area contributed by atoms with E-state index in [4.69, 9.17) is 0 Å². The van der Waals surface area contributed by atoms with E-state index >= 15 is 0 Å². The second kappa shape index (κ2) is 7.17. The van der Waals surface area contributed by atoms with Crippen LogP contribution in [0.4, 0.5) is 0 Å². The first-order chi connectivity index (χ1) is 7.18. The Morgan fingerprint density at radius 3 is 2.27 bits per heavy atom. The highest BCUT2D eigenvalue weighted by molar-refractivity contribution is 4.68. The summed E-state index contributed by atoms with van der Waals surface area (Å²) in [6.45, 7) is 9.45. The smallest absolute Gasteiger partial charge is 0.0110 e. The van der Waals surface area contributed by atoms with Crippen molar-refractivity contribution in [3.05, 3.63) is 0 Å². The Morgan fingerprint density at radius 1 is 1.00 bits per heavy atom. The molecule has 1 fully saturated rings. The molecule has 4 nitrogen and oxygen atoms in total. The molecule has 0 amide bonds. The zero-order chi connectivity index (χ0) is 11.1. The van der Waals surface area contributed by atoms with Crippen LogP contribution in [-0.2, 0) is 0 Å². The van der Waals surface area contributed by atoms with E-state index in [0.29, 0.717) is 0 Å². The SMILES string of the molecule is CN(C)CCN(C)CCN1CCNCC1. The lowest BCUT2D eigenvalue weighted by Crippen LogP contribution is -2.46. The van der Waals surface area contributed by atoms with Crippen molar-refractivity contribution in [2.75, 3.05) is 73.5 Å². The zero-order valence-electron chi connectivity index (χ0n) is 10.5. The first-order valence-corrected chi connectivity index (χ1v) is 5.95. The number of nitrogens with one attached hydrogen (secondary N) is 1. The zero-order valence-corrected chi connectivity index (χ0v) is 10.5. The molecule has 1 saturated heterocycles. The van der Waals surface area contributed by atoms with Gasteiger partial charge in [-0.1, -0.05) is 0 Å². The van der Waals surface area contributed by atoms with Crippen molar-refractivity contribution < 1.29 is 0 Å². The Hall–Kier alpha value is -0.160. The number of rotatable bonds is 6. The number of likely N-dealkylation sites (N-methyl/N-ethyl adjacent to an activating group) is 2. The maximum atomic E-state index is 3.38. The highest BCUT2D eigenvalue weighted by Gasteiger charge is 2.09. The molecule has 15 heavy (non-hydrogen) atoms. The van der Waals surface area contributed by atoms with Gasteiger partial charge in [-0.2, -0.15) is 0 Å². The number of piperazine rings is 1. The molecular weight excluding hydrogens is 188 g/mol. The predicted octanol–water partition coefficient (Wildman–Crippen LogP) is -0.615. The normalized spacial score (nSPS) is 19.0. The molecule has 90 valence electrons. The number of nitrogens with zero attached hydrogens (tertiary/aromatic N) is 3. The van der Waals surface area contributed by atoms with Crippen LogP contribution in [0.3, 0.4) is 0 Å². The monoisotopic (exact) mass is 214 g/mol. The average molecular weight is 214 g/mol. The molecule has 0 aromatic rings. The Bertz CT molecular complexity index is 155. The summed E-state index contributed by atoms with van der Waals surface area (Å²) in [5.41, 5.74) is 0. The Balaban J connectivity index is 2.02. The van der Waals surface area contributed by atoms with Crippen LogP contribution >= 0.6 is 0 Å². The molecule has 0 spiro atoms. The van der Waals surface area contributed by atoms with E-state index in [9.17, 15) is 0 Å². The van der Waals surface area contributed by atoms with Gasteiger partial charge in [-0.25, -0.2) is 0 Å². The summed E-state index contributed by atoms with van der Waals surface area (Å²) in [7, 11) is 6.47. The van der Waals surface area contributed by atoms with E-state index in [1.165, 1.54) is 32.7 Å². The van der Waals surface area contributed by atoms with Crippen LogP contribution in [0.2, 0.25) is 0 Å². The van der Waals surface area contributed by atoms with Crippen molar-refractivity contribution in [2.24, 2.45) is 0 Å². The molecule has 0 atom stereocenters. The third-order valence-electron chi connectivity index (χ3n) is 2.94. The van der Waals surface area contributed by atoms with Crippen LogP contribution in [0.5, 0.6) is 0 Å². The summed E-state index contributed by atoms with van der Waals surface area (Å²) in [4.78, 5) is 7.20. The third-order valence-corrected chi connectivity index (χ3v) is 2.94. The fourth-order valence-corrected chi connectivity index (χ4v) is 1.73. The van der Waals surface area contributed by atoms with E-state index in [1.54, 1.807) is 0 Å². The number of hydrogen-bond donors (Lipinski definition) is 1. The van der Waals surface area contributed by atoms with E-state index in [2.05, 4.69) is 41.2 Å².